The second kappa shape index (κ2) is 8.75. The highest BCUT2D eigenvalue weighted by molar-refractivity contribution is 14.1. The largest absolute Gasteiger partial charge is 0.475 e. The van der Waals surface area contributed by atoms with Gasteiger partial charge in [0.25, 0.3) is 5.91 Å². The van der Waals surface area contributed by atoms with Crippen molar-refractivity contribution in [1.29, 1.82) is 0 Å². The lowest BCUT2D eigenvalue weighted by Crippen LogP contribution is -2.28. The fourth-order valence-corrected chi connectivity index (χ4v) is 2.66. The van der Waals surface area contributed by atoms with Gasteiger partial charge in [0.1, 0.15) is 6.61 Å². The Morgan fingerprint density at radius 3 is 2.38 bits per heavy atom. The molecule has 0 radical (unpaired) electrons. The van der Waals surface area contributed by atoms with Gasteiger partial charge in [-0.3, -0.25) is 4.79 Å². The number of ether oxygens (including phenoxy) is 1. The van der Waals surface area contributed by atoms with Gasteiger partial charge < -0.3 is 10.1 Å². The molecule has 1 N–H and O–H groups in total. The highest BCUT2D eigenvalue weighted by atomic mass is 127. The Kier molecular flexibility index (Phi) is 6.17. The molecule has 0 aliphatic rings. The molecule has 0 spiro atoms. The van der Waals surface area contributed by atoms with Crippen molar-refractivity contribution in [2.45, 2.75) is 6.92 Å². The topological polar surface area (TPSA) is 64.1 Å². The van der Waals surface area contributed by atoms with Crippen LogP contribution in [0.2, 0.25) is 0 Å². The molecule has 2 aromatic carbocycles. The van der Waals surface area contributed by atoms with Gasteiger partial charge in [0, 0.05) is 20.8 Å². The lowest BCUT2D eigenvalue weighted by molar-refractivity contribution is 0.0946. The molecule has 1 aromatic heterocycles. The quantitative estimate of drug-likeness (QED) is 0.449. The SMILES string of the molecule is Cc1ccc(-c2ccc(OCCNC(=O)c3ccc(I)cc3)nn2)cc1. The Morgan fingerprint density at radius 1 is 1.00 bits per heavy atom. The molecular weight excluding hydrogens is 441 g/mol. The predicted octanol–water partition coefficient (Wildman–Crippen LogP) is 3.87. The molecule has 26 heavy (non-hydrogen) atoms. The van der Waals surface area contributed by atoms with Crippen LogP contribution in [0.4, 0.5) is 0 Å². The average molecular weight is 459 g/mol. The van der Waals surface area contributed by atoms with Gasteiger partial charge in [-0.1, -0.05) is 29.8 Å². The molecule has 1 amide bonds. The van der Waals surface area contributed by atoms with E-state index in [1.54, 1.807) is 18.2 Å². The first-order chi connectivity index (χ1) is 12.6. The molecule has 3 rings (SSSR count). The van der Waals surface area contributed by atoms with Crippen LogP contribution in [-0.4, -0.2) is 29.3 Å². The van der Waals surface area contributed by atoms with Crippen molar-refractivity contribution in [3.63, 3.8) is 0 Å². The van der Waals surface area contributed by atoms with E-state index in [9.17, 15) is 4.79 Å². The molecule has 0 saturated heterocycles. The van der Waals surface area contributed by atoms with Crippen LogP contribution in [0.3, 0.4) is 0 Å². The molecular formula is C20H18IN3O2. The number of aromatic nitrogens is 2. The number of halogens is 1. The van der Waals surface area contributed by atoms with Gasteiger partial charge in [0.05, 0.1) is 12.2 Å². The number of rotatable bonds is 6. The number of benzene rings is 2. The van der Waals surface area contributed by atoms with E-state index in [0.29, 0.717) is 24.6 Å². The zero-order chi connectivity index (χ0) is 18.4. The minimum atomic E-state index is -0.120. The van der Waals surface area contributed by atoms with Crippen molar-refractivity contribution in [2.24, 2.45) is 0 Å². The van der Waals surface area contributed by atoms with Crippen LogP contribution >= 0.6 is 22.6 Å². The van der Waals surface area contributed by atoms with Crippen LogP contribution in [0.25, 0.3) is 11.3 Å². The number of amides is 1. The fraction of sp³-hybridized carbons (Fsp3) is 0.150. The number of nitrogens with zero attached hydrogens (tertiary/aromatic N) is 2. The van der Waals surface area contributed by atoms with Gasteiger partial charge in [0.15, 0.2) is 0 Å². The zero-order valence-electron chi connectivity index (χ0n) is 14.3. The van der Waals surface area contributed by atoms with Gasteiger partial charge >= 0.3 is 0 Å². The normalized spacial score (nSPS) is 10.4. The Morgan fingerprint density at radius 2 is 1.73 bits per heavy atom. The van der Waals surface area contributed by atoms with Crippen molar-refractivity contribution in [1.82, 2.24) is 15.5 Å². The Hall–Kier alpha value is -2.48. The third-order valence-corrected chi connectivity index (χ3v) is 4.45. The maximum absolute atomic E-state index is 12.0. The van der Waals surface area contributed by atoms with Crippen molar-refractivity contribution in [3.8, 4) is 17.1 Å². The number of hydrogen-bond donors (Lipinski definition) is 1. The summed E-state index contributed by atoms with van der Waals surface area (Å²) in [6.07, 6.45) is 0. The van der Waals surface area contributed by atoms with E-state index in [0.717, 1.165) is 14.8 Å². The molecule has 0 aliphatic carbocycles. The molecule has 0 aliphatic heterocycles. The van der Waals surface area contributed by atoms with Crippen LogP contribution in [0, 0.1) is 10.5 Å². The van der Waals surface area contributed by atoms with E-state index in [4.69, 9.17) is 4.74 Å². The molecule has 0 fully saturated rings. The summed E-state index contributed by atoms with van der Waals surface area (Å²) in [5.41, 5.74) is 3.64. The summed E-state index contributed by atoms with van der Waals surface area (Å²) < 4.78 is 6.62. The highest BCUT2D eigenvalue weighted by Crippen LogP contribution is 2.18. The fourth-order valence-electron chi connectivity index (χ4n) is 2.30. The van der Waals surface area contributed by atoms with E-state index in [1.165, 1.54) is 5.56 Å². The molecule has 1 heterocycles. The van der Waals surface area contributed by atoms with Gasteiger partial charge in [-0.2, -0.15) is 0 Å². The van der Waals surface area contributed by atoms with Crippen molar-refractivity contribution >= 4 is 28.5 Å². The summed E-state index contributed by atoms with van der Waals surface area (Å²) in [7, 11) is 0. The Balaban J connectivity index is 1.47. The van der Waals surface area contributed by atoms with Crippen LogP contribution in [0.15, 0.2) is 60.7 Å². The molecule has 0 atom stereocenters. The second-order valence-electron chi connectivity index (χ2n) is 5.73. The number of nitrogens with one attached hydrogen (secondary N) is 1. The molecule has 5 nitrogen and oxygen atoms in total. The first-order valence-electron chi connectivity index (χ1n) is 8.19. The predicted molar refractivity (Wildman–Crippen MR) is 109 cm³/mol. The van der Waals surface area contributed by atoms with E-state index >= 15 is 0 Å². The van der Waals surface area contributed by atoms with Gasteiger partial charge in [-0.05, 0) is 59.8 Å². The summed E-state index contributed by atoms with van der Waals surface area (Å²) in [6.45, 7) is 2.77. The van der Waals surface area contributed by atoms with Crippen LogP contribution in [-0.2, 0) is 0 Å². The van der Waals surface area contributed by atoms with E-state index in [1.807, 2.05) is 49.4 Å². The molecule has 132 valence electrons. The van der Waals surface area contributed by atoms with Crippen LogP contribution in [0.5, 0.6) is 5.88 Å². The summed E-state index contributed by atoms with van der Waals surface area (Å²) >= 11 is 2.20. The number of carbonyl (C=O) groups excluding carboxylic acids is 1. The summed E-state index contributed by atoms with van der Waals surface area (Å²) in [6, 6.07) is 19.2. The van der Waals surface area contributed by atoms with E-state index in [-0.39, 0.29) is 5.91 Å². The zero-order valence-corrected chi connectivity index (χ0v) is 16.4. The van der Waals surface area contributed by atoms with Gasteiger partial charge in [-0.25, -0.2) is 0 Å². The third-order valence-electron chi connectivity index (χ3n) is 3.73. The first kappa shape index (κ1) is 18.3. The Labute approximate surface area is 165 Å². The third kappa shape index (κ3) is 5.01. The summed E-state index contributed by atoms with van der Waals surface area (Å²) in [5, 5.41) is 11.1. The minimum absolute atomic E-state index is 0.120. The number of aryl methyl sites for hydroxylation is 1. The minimum Gasteiger partial charge on any atom is -0.475 e. The van der Waals surface area contributed by atoms with Crippen molar-refractivity contribution < 1.29 is 9.53 Å². The molecule has 6 heteroatoms. The summed E-state index contributed by atoms with van der Waals surface area (Å²) in [5.74, 6) is 0.315. The summed E-state index contributed by atoms with van der Waals surface area (Å²) in [4.78, 5) is 12.0. The van der Waals surface area contributed by atoms with Crippen LogP contribution < -0.4 is 10.1 Å². The second-order valence-corrected chi connectivity index (χ2v) is 6.98. The van der Waals surface area contributed by atoms with Gasteiger partial charge in [-0.15, -0.1) is 10.2 Å². The number of hydrogen-bond acceptors (Lipinski definition) is 4. The molecule has 3 aromatic rings. The lowest BCUT2D eigenvalue weighted by atomic mass is 10.1. The first-order valence-corrected chi connectivity index (χ1v) is 9.27. The van der Waals surface area contributed by atoms with E-state index in [2.05, 4.69) is 38.1 Å². The monoisotopic (exact) mass is 459 g/mol. The Bertz CT molecular complexity index is 863. The lowest BCUT2D eigenvalue weighted by Gasteiger charge is -2.07. The molecule has 0 bridgehead atoms. The van der Waals surface area contributed by atoms with Crippen molar-refractivity contribution in [3.05, 3.63) is 75.4 Å². The van der Waals surface area contributed by atoms with Crippen molar-refractivity contribution in [2.75, 3.05) is 13.2 Å². The smallest absolute Gasteiger partial charge is 0.251 e. The van der Waals surface area contributed by atoms with E-state index < -0.39 is 0 Å². The highest BCUT2D eigenvalue weighted by Gasteiger charge is 2.05. The molecule has 0 saturated carbocycles. The molecule has 0 unspecified atom stereocenters. The standard InChI is InChI=1S/C20H18IN3O2/c1-14-2-4-15(5-3-14)18-10-11-19(24-23-18)26-13-12-22-20(25)16-6-8-17(21)9-7-16/h2-11H,12-13H2,1H3,(H,22,25). The maximum atomic E-state index is 12.0. The number of carbonyl (C=O) groups is 1. The van der Waals surface area contributed by atoms with Gasteiger partial charge in [0.2, 0.25) is 5.88 Å². The van der Waals surface area contributed by atoms with Crippen LogP contribution in [0.1, 0.15) is 15.9 Å². The average Bonchev–Trinajstić information content (AvgIpc) is 2.67. The maximum Gasteiger partial charge on any atom is 0.251 e.